The van der Waals surface area contributed by atoms with Crippen LogP contribution < -0.4 is 10.9 Å². The van der Waals surface area contributed by atoms with Crippen LogP contribution in [0.4, 0.5) is 10.1 Å². The fraction of sp³-hybridized carbons (Fsp3) is 0.0870. The number of fused-ring (bicyclic) bond motifs is 1. The SMILES string of the molecule is O=C(CCSc1nc2ccccc2c(=O)n1-c1ccccc1)Nc1ccccc1F. The highest BCUT2D eigenvalue weighted by molar-refractivity contribution is 7.99. The molecule has 7 heteroatoms. The Balaban J connectivity index is 1.57. The quantitative estimate of drug-likeness (QED) is 0.365. The smallest absolute Gasteiger partial charge is 0.266 e. The Morgan fingerprint density at radius 3 is 2.47 bits per heavy atom. The molecule has 0 aliphatic heterocycles. The Labute approximate surface area is 176 Å². The first-order valence-corrected chi connectivity index (χ1v) is 10.4. The van der Waals surface area contributed by atoms with E-state index < -0.39 is 5.82 Å². The zero-order chi connectivity index (χ0) is 20.9. The molecule has 0 aliphatic rings. The molecule has 3 aromatic carbocycles. The molecule has 0 bridgehead atoms. The Kier molecular flexibility index (Phi) is 5.90. The molecule has 1 aromatic heterocycles. The number of aromatic nitrogens is 2. The zero-order valence-electron chi connectivity index (χ0n) is 15.9. The van der Waals surface area contributed by atoms with Crippen LogP contribution in [0.5, 0.6) is 0 Å². The van der Waals surface area contributed by atoms with Crippen LogP contribution in [-0.2, 0) is 4.79 Å². The Hall–Kier alpha value is -3.45. The lowest BCUT2D eigenvalue weighted by atomic mass is 10.2. The highest BCUT2D eigenvalue weighted by Crippen LogP contribution is 2.22. The van der Waals surface area contributed by atoms with Crippen LogP contribution in [-0.4, -0.2) is 21.2 Å². The minimum absolute atomic E-state index is 0.149. The van der Waals surface area contributed by atoms with E-state index in [0.29, 0.717) is 27.5 Å². The van der Waals surface area contributed by atoms with Gasteiger partial charge in [0.2, 0.25) is 5.91 Å². The number of carbonyl (C=O) groups is 1. The molecule has 0 atom stereocenters. The topological polar surface area (TPSA) is 64.0 Å². The van der Waals surface area contributed by atoms with Crippen LogP contribution >= 0.6 is 11.8 Å². The molecule has 1 amide bonds. The Morgan fingerprint density at radius 2 is 1.67 bits per heavy atom. The summed E-state index contributed by atoms with van der Waals surface area (Å²) in [6, 6.07) is 22.5. The number of thioether (sulfide) groups is 1. The number of para-hydroxylation sites is 3. The predicted octanol–water partition coefficient (Wildman–Crippen LogP) is 4.65. The van der Waals surface area contributed by atoms with E-state index in [1.54, 1.807) is 34.9 Å². The molecule has 4 rings (SSSR count). The van der Waals surface area contributed by atoms with Crippen molar-refractivity contribution in [3.8, 4) is 5.69 Å². The molecule has 0 aliphatic carbocycles. The lowest BCUT2D eigenvalue weighted by Gasteiger charge is -2.13. The van der Waals surface area contributed by atoms with E-state index in [2.05, 4.69) is 10.3 Å². The highest BCUT2D eigenvalue weighted by atomic mass is 32.2. The molecule has 0 spiro atoms. The highest BCUT2D eigenvalue weighted by Gasteiger charge is 2.14. The largest absolute Gasteiger partial charge is 0.324 e. The van der Waals surface area contributed by atoms with Gasteiger partial charge < -0.3 is 5.32 Å². The fourth-order valence-corrected chi connectivity index (χ4v) is 3.97. The maximum atomic E-state index is 13.7. The number of benzene rings is 3. The maximum absolute atomic E-state index is 13.7. The van der Waals surface area contributed by atoms with E-state index in [9.17, 15) is 14.0 Å². The molecule has 5 nitrogen and oxygen atoms in total. The van der Waals surface area contributed by atoms with Crippen LogP contribution in [0.1, 0.15) is 6.42 Å². The van der Waals surface area contributed by atoms with Crippen LogP contribution in [0.25, 0.3) is 16.6 Å². The van der Waals surface area contributed by atoms with Crippen molar-refractivity contribution in [2.45, 2.75) is 11.6 Å². The molecule has 1 N–H and O–H groups in total. The molecule has 1 heterocycles. The number of rotatable bonds is 6. The first-order valence-electron chi connectivity index (χ1n) is 9.38. The van der Waals surface area contributed by atoms with Gasteiger partial charge in [-0.15, -0.1) is 0 Å². The van der Waals surface area contributed by atoms with Gasteiger partial charge in [0.25, 0.3) is 5.56 Å². The van der Waals surface area contributed by atoms with Crippen molar-refractivity contribution in [2.24, 2.45) is 0 Å². The minimum atomic E-state index is -0.479. The standard InChI is InChI=1S/C23H18FN3O2S/c24-18-11-5-7-13-20(18)25-21(28)14-15-30-23-26-19-12-6-4-10-17(19)22(29)27(23)16-8-2-1-3-9-16/h1-13H,14-15H2,(H,25,28). The van der Waals surface area contributed by atoms with Crippen molar-refractivity contribution in [1.82, 2.24) is 9.55 Å². The van der Waals surface area contributed by atoms with E-state index >= 15 is 0 Å². The fourth-order valence-electron chi connectivity index (χ4n) is 3.02. The van der Waals surface area contributed by atoms with E-state index in [4.69, 9.17) is 0 Å². The van der Waals surface area contributed by atoms with E-state index in [1.807, 2.05) is 36.4 Å². The summed E-state index contributed by atoms with van der Waals surface area (Å²) in [5, 5.41) is 3.60. The number of hydrogen-bond acceptors (Lipinski definition) is 4. The lowest BCUT2D eigenvalue weighted by Crippen LogP contribution is -2.22. The first kappa shape index (κ1) is 19.8. The summed E-state index contributed by atoms with van der Waals surface area (Å²) in [6.07, 6.45) is 0.149. The number of hydrogen-bond donors (Lipinski definition) is 1. The van der Waals surface area contributed by atoms with Crippen molar-refractivity contribution in [1.29, 1.82) is 0 Å². The van der Waals surface area contributed by atoms with Crippen molar-refractivity contribution in [3.05, 3.63) is 95.0 Å². The van der Waals surface area contributed by atoms with E-state index in [0.717, 1.165) is 0 Å². The van der Waals surface area contributed by atoms with Crippen LogP contribution in [0.15, 0.2) is 88.8 Å². The van der Waals surface area contributed by atoms with E-state index in [-0.39, 0.29) is 23.6 Å². The van der Waals surface area contributed by atoms with Crippen molar-refractivity contribution >= 4 is 34.3 Å². The van der Waals surface area contributed by atoms with Gasteiger partial charge in [0.15, 0.2) is 5.16 Å². The normalized spacial score (nSPS) is 10.8. The van der Waals surface area contributed by atoms with Gasteiger partial charge in [0, 0.05) is 12.2 Å². The summed E-state index contributed by atoms with van der Waals surface area (Å²) in [7, 11) is 0. The number of nitrogens with one attached hydrogen (secondary N) is 1. The van der Waals surface area contributed by atoms with Gasteiger partial charge >= 0.3 is 0 Å². The first-order chi connectivity index (χ1) is 14.6. The summed E-state index contributed by atoms with van der Waals surface area (Å²) < 4.78 is 15.3. The average molecular weight is 419 g/mol. The van der Waals surface area contributed by atoms with Gasteiger partial charge in [-0.3, -0.25) is 14.2 Å². The zero-order valence-corrected chi connectivity index (χ0v) is 16.7. The Morgan fingerprint density at radius 1 is 0.967 bits per heavy atom. The van der Waals surface area contributed by atoms with Gasteiger partial charge in [-0.1, -0.05) is 54.2 Å². The van der Waals surface area contributed by atoms with Crippen molar-refractivity contribution in [3.63, 3.8) is 0 Å². The third kappa shape index (κ3) is 4.26. The van der Waals surface area contributed by atoms with Crippen LogP contribution in [0.2, 0.25) is 0 Å². The number of anilines is 1. The summed E-state index contributed by atoms with van der Waals surface area (Å²) in [5.41, 5.74) is 1.30. The number of halogens is 1. The molecule has 0 saturated carbocycles. The molecule has 0 unspecified atom stereocenters. The van der Waals surface area contributed by atoms with Gasteiger partial charge in [-0.05, 0) is 36.4 Å². The summed E-state index contributed by atoms with van der Waals surface area (Å²) in [6.45, 7) is 0. The summed E-state index contributed by atoms with van der Waals surface area (Å²) in [4.78, 5) is 30.0. The monoisotopic (exact) mass is 419 g/mol. The third-order valence-corrected chi connectivity index (χ3v) is 5.41. The number of amides is 1. The third-order valence-electron chi connectivity index (χ3n) is 4.47. The average Bonchev–Trinajstić information content (AvgIpc) is 2.76. The van der Waals surface area contributed by atoms with Crippen molar-refractivity contribution < 1.29 is 9.18 Å². The molecule has 0 radical (unpaired) electrons. The number of nitrogens with zero attached hydrogens (tertiary/aromatic N) is 2. The second-order valence-electron chi connectivity index (χ2n) is 6.51. The Bertz CT molecular complexity index is 1260. The van der Waals surface area contributed by atoms with Crippen LogP contribution in [0.3, 0.4) is 0 Å². The van der Waals surface area contributed by atoms with Crippen molar-refractivity contribution in [2.75, 3.05) is 11.1 Å². The second-order valence-corrected chi connectivity index (χ2v) is 7.58. The maximum Gasteiger partial charge on any atom is 0.266 e. The molecule has 4 aromatic rings. The summed E-state index contributed by atoms with van der Waals surface area (Å²) in [5.74, 6) is -0.396. The van der Waals surface area contributed by atoms with Gasteiger partial charge in [-0.25, -0.2) is 9.37 Å². The van der Waals surface area contributed by atoms with Gasteiger partial charge in [0.1, 0.15) is 5.82 Å². The predicted molar refractivity (Wildman–Crippen MR) is 118 cm³/mol. The molecule has 30 heavy (non-hydrogen) atoms. The summed E-state index contributed by atoms with van der Waals surface area (Å²) >= 11 is 1.31. The van der Waals surface area contributed by atoms with Gasteiger partial charge in [0.05, 0.1) is 22.3 Å². The van der Waals surface area contributed by atoms with Crippen LogP contribution in [0, 0.1) is 5.82 Å². The molecular formula is C23H18FN3O2S. The molecule has 150 valence electrons. The van der Waals surface area contributed by atoms with E-state index in [1.165, 1.54) is 23.9 Å². The minimum Gasteiger partial charge on any atom is -0.324 e. The molecule has 0 fully saturated rings. The lowest BCUT2D eigenvalue weighted by molar-refractivity contribution is -0.115. The number of carbonyl (C=O) groups excluding carboxylic acids is 1. The molecule has 0 saturated heterocycles. The molecular weight excluding hydrogens is 401 g/mol. The second kappa shape index (κ2) is 8.92. The van der Waals surface area contributed by atoms with Gasteiger partial charge in [-0.2, -0.15) is 0 Å².